The molecule has 5 atom stereocenters. The summed E-state index contributed by atoms with van der Waals surface area (Å²) in [5.74, 6) is 0.569. The number of nitriles is 1. The second kappa shape index (κ2) is 11.7. The monoisotopic (exact) mass is 569 g/mol. The quantitative estimate of drug-likeness (QED) is 0.263. The van der Waals surface area contributed by atoms with Gasteiger partial charge in [-0.25, -0.2) is 8.42 Å². The van der Waals surface area contributed by atoms with Gasteiger partial charge >= 0.3 is 0 Å². The minimum Gasteiger partial charge on any atom is -0.457 e. The maximum absolute atomic E-state index is 12.9. The van der Waals surface area contributed by atoms with E-state index in [2.05, 4.69) is 23.1 Å². The van der Waals surface area contributed by atoms with E-state index >= 15 is 0 Å². The first-order chi connectivity index (χ1) is 19.2. The van der Waals surface area contributed by atoms with Gasteiger partial charge in [-0.3, -0.25) is 0 Å². The number of piperidine rings is 1. The highest BCUT2D eigenvalue weighted by Gasteiger charge is 2.45. The second-order valence-corrected chi connectivity index (χ2v) is 11.7. The molecule has 2 saturated heterocycles. The molecule has 0 bridgehead atoms. The van der Waals surface area contributed by atoms with Gasteiger partial charge in [0.05, 0.1) is 6.61 Å². The number of nitrogens with zero attached hydrogens (tertiary/aromatic N) is 2. The van der Waals surface area contributed by atoms with E-state index in [1.165, 1.54) is 31.0 Å². The maximum Gasteiger partial charge on any atom is 0.251 e. The normalized spacial score (nSPS) is 26.1. The van der Waals surface area contributed by atoms with Crippen LogP contribution in [0.1, 0.15) is 25.0 Å². The van der Waals surface area contributed by atoms with Gasteiger partial charge in [0, 0.05) is 30.4 Å². The third-order valence-electron chi connectivity index (χ3n) is 7.32. The molecule has 0 saturated carbocycles. The fourth-order valence-electron chi connectivity index (χ4n) is 5.09. The maximum atomic E-state index is 12.9. The Morgan fingerprint density at radius 1 is 1.02 bits per heavy atom. The van der Waals surface area contributed by atoms with Crippen LogP contribution in [0.15, 0.2) is 57.9 Å². The highest BCUT2D eigenvalue weighted by atomic mass is 32.2. The molecule has 2 aliphatic heterocycles. The van der Waals surface area contributed by atoms with E-state index in [-0.39, 0.29) is 5.76 Å². The molecule has 11 nitrogen and oxygen atoms in total. The molecular weight excluding hydrogens is 538 g/mol. The number of furan rings is 1. The van der Waals surface area contributed by atoms with Crippen molar-refractivity contribution in [1.29, 1.82) is 5.26 Å². The van der Waals surface area contributed by atoms with Gasteiger partial charge in [0.2, 0.25) is 0 Å². The SMILES string of the molecule is N#C/C(=C\c1ccc(-c2ccc3cc(N4CCCCC4)ccc3c2)o1)S(=O)(=O)N[C@H]1C(O)O[C@H](CO)[C@@H](O)[C@@H]1O. The number of hydrogen-bond donors (Lipinski definition) is 5. The third-order valence-corrected chi connectivity index (χ3v) is 8.69. The molecule has 2 aromatic carbocycles. The zero-order chi connectivity index (χ0) is 28.4. The van der Waals surface area contributed by atoms with Crippen molar-refractivity contribution >= 4 is 32.6 Å². The van der Waals surface area contributed by atoms with Crippen molar-refractivity contribution in [2.45, 2.75) is 49.9 Å². The number of allylic oxidation sites excluding steroid dienone is 1. The van der Waals surface area contributed by atoms with Crippen LogP contribution in [0.2, 0.25) is 0 Å². The average Bonchev–Trinajstić information content (AvgIpc) is 3.44. The Labute approximate surface area is 231 Å². The Kier molecular flexibility index (Phi) is 8.25. The lowest BCUT2D eigenvalue weighted by atomic mass is 9.98. The van der Waals surface area contributed by atoms with Crippen molar-refractivity contribution < 1.29 is 38.0 Å². The second-order valence-electron chi connectivity index (χ2n) is 9.99. The summed E-state index contributed by atoms with van der Waals surface area (Å²) in [7, 11) is -4.57. The predicted octanol–water partition coefficient (Wildman–Crippen LogP) is 1.67. The fourth-order valence-corrected chi connectivity index (χ4v) is 6.22. The Balaban J connectivity index is 1.34. The molecule has 0 spiro atoms. The van der Waals surface area contributed by atoms with Crippen LogP contribution in [-0.4, -0.2) is 79.2 Å². The van der Waals surface area contributed by atoms with Crippen LogP contribution in [-0.2, 0) is 14.8 Å². The van der Waals surface area contributed by atoms with Gasteiger partial charge in [-0.2, -0.15) is 9.98 Å². The van der Waals surface area contributed by atoms with Crippen molar-refractivity contribution in [2.24, 2.45) is 0 Å². The molecular formula is C28H31N3O8S. The number of hydrogen-bond acceptors (Lipinski definition) is 10. The summed E-state index contributed by atoms with van der Waals surface area (Å²) >= 11 is 0. The molecule has 5 N–H and O–H groups in total. The first-order valence-electron chi connectivity index (χ1n) is 13.0. The molecule has 0 aliphatic carbocycles. The van der Waals surface area contributed by atoms with E-state index in [0.717, 1.165) is 35.5 Å². The minimum atomic E-state index is -4.57. The van der Waals surface area contributed by atoms with Crippen molar-refractivity contribution in [1.82, 2.24) is 4.72 Å². The van der Waals surface area contributed by atoms with Crippen LogP contribution in [0.5, 0.6) is 0 Å². The van der Waals surface area contributed by atoms with E-state index in [9.17, 15) is 34.1 Å². The molecule has 0 amide bonds. The number of fused-ring (bicyclic) bond motifs is 1. The minimum absolute atomic E-state index is 0.0961. The van der Waals surface area contributed by atoms with Gasteiger partial charge in [0.25, 0.3) is 10.0 Å². The summed E-state index contributed by atoms with van der Waals surface area (Å²) in [6, 6.07) is 15.3. The van der Waals surface area contributed by atoms with Crippen LogP contribution in [0.4, 0.5) is 5.69 Å². The van der Waals surface area contributed by atoms with Gasteiger partial charge in [0.15, 0.2) is 11.2 Å². The summed E-state index contributed by atoms with van der Waals surface area (Å²) < 4.78 is 38.6. The molecule has 1 aromatic heterocycles. The van der Waals surface area contributed by atoms with E-state index in [4.69, 9.17) is 9.15 Å². The van der Waals surface area contributed by atoms with E-state index in [0.29, 0.717) is 5.76 Å². The smallest absolute Gasteiger partial charge is 0.251 e. The Morgan fingerprint density at radius 2 is 1.75 bits per heavy atom. The first kappa shape index (κ1) is 28.3. The standard InChI is InChI=1S/C28H31N3O8S/c29-15-22(40(36,37)30-25-27(34)26(33)24(16-32)39-28(25)35)14-21-8-9-23(38-21)19-5-4-18-13-20(7-6-17(18)12-19)31-10-2-1-3-11-31/h4-9,12-14,24-28,30,32-35H,1-3,10-11,16H2/b22-14+/t24-,25-,26-,27-,28?/m1/s1. The zero-order valence-electron chi connectivity index (χ0n) is 21.6. The summed E-state index contributed by atoms with van der Waals surface area (Å²) in [5.41, 5.74) is 1.97. The number of benzene rings is 2. The number of nitrogens with one attached hydrogen (secondary N) is 1. The Morgan fingerprint density at radius 3 is 2.48 bits per heavy atom. The summed E-state index contributed by atoms with van der Waals surface area (Å²) in [5, 5.41) is 51.2. The van der Waals surface area contributed by atoms with Gasteiger partial charge in [-0.1, -0.05) is 18.2 Å². The number of sulfonamides is 1. The van der Waals surface area contributed by atoms with Crippen molar-refractivity contribution in [3.63, 3.8) is 0 Å². The summed E-state index contributed by atoms with van der Waals surface area (Å²) in [6.07, 6.45) is -1.95. The topological polar surface area (TPSA) is 176 Å². The number of aliphatic hydroxyl groups is 4. The fraction of sp³-hybridized carbons (Fsp3) is 0.393. The molecule has 40 heavy (non-hydrogen) atoms. The van der Waals surface area contributed by atoms with Gasteiger partial charge in [0.1, 0.15) is 41.9 Å². The Bertz CT molecular complexity index is 1540. The molecule has 0 radical (unpaired) electrons. The lowest BCUT2D eigenvalue weighted by Gasteiger charge is -2.40. The van der Waals surface area contributed by atoms with E-state index in [1.807, 2.05) is 22.9 Å². The molecule has 1 unspecified atom stereocenters. The number of rotatable bonds is 7. The highest BCUT2D eigenvalue weighted by molar-refractivity contribution is 7.93. The van der Waals surface area contributed by atoms with Crippen molar-refractivity contribution in [3.05, 3.63) is 59.2 Å². The highest BCUT2D eigenvalue weighted by Crippen LogP contribution is 2.30. The number of anilines is 1. The van der Waals surface area contributed by atoms with Crippen LogP contribution in [0.3, 0.4) is 0 Å². The summed E-state index contributed by atoms with van der Waals surface area (Å²) in [6.45, 7) is 1.42. The zero-order valence-corrected chi connectivity index (χ0v) is 22.4. The van der Waals surface area contributed by atoms with E-state index < -0.39 is 52.2 Å². The van der Waals surface area contributed by atoms with Gasteiger partial charge in [-0.15, -0.1) is 0 Å². The molecule has 3 heterocycles. The molecule has 3 aromatic rings. The number of ether oxygens (including phenoxy) is 1. The molecule has 2 fully saturated rings. The molecule has 12 heteroatoms. The lowest BCUT2D eigenvalue weighted by Crippen LogP contribution is -2.64. The third kappa shape index (κ3) is 5.77. The van der Waals surface area contributed by atoms with Crippen molar-refractivity contribution in [3.8, 4) is 17.4 Å². The Hall–Kier alpha value is -3.28. The molecule has 2 aliphatic rings. The molecule has 212 valence electrons. The van der Waals surface area contributed by atoms with Crippen LogP contribution in [0.25, 0.3) is 28.2 Å². The number of aliphatic hydroxyl groups excluding tert-OH is 4. The molecule has 5 rings (SSSR count). The predicted molar refractivity (Wildman–Crippen MR) is 147 cm³/mol. The first-order valence-corrected chi connectivity index (χ1v) is 14.5. The largest absolute Gasteiger partial charge is 0.457 e. The lowest BCUT2D eigenvalue weighted by molar-refractivity contribution is -0.251. The van der Waals surface area contributed by atoms with Gasteiger partial charge in [-0.05, 0) is 60.4 Å². The van der Waals surface area contributed by atoms with Crippen LogP contribution < -0.4 is 9.62 Å². The van der Waals surface area contributed by atoms with Gasteiger partial charge < -0.3 is 34.5 Å². The van der Waals surface area contributed by atoms with E-state index in [1.54, 1.807) is 12.1 Å². The van der Waals surface area contributed by atoms with Crippen molar-refractivity contribution in [2.75, 3.05) is 24.6 Å². The van der Waals surface area contributed by atoms with Crippen LogP contribution >= 0.6 is 0 Å². The summed E-state index contributed by atoms with van der Waals surface area (Å²) in [4.78, 5) is 1.66. The average molecular weight is 570 g/mol. The van der Waals surface area contributed by atoms with Crippen LogP contribution in [0, 0.1) is 11.3 Å².